The molecule has 0 atom stereocenters. The van der Waals surface area contributed by atoms with E-state index in [-0.39, 0.29) is 11.3 Å². The highest BCUT2D eigenvalue weighted by molar-refractivity contribution is 6.22. The highest BCUT2D eigenvalue weighted by Gasteiger charge is 2.21. The molecular weight excluding hydrogens is 620 g/mol. The lowest BCUT2D eigenvalue weighted by molar-refractivity contribution is 0.571. The molecule has 0 radical (unpaired) electrons. The van der Waals surface area contributed by atoms with E-state index in [1.165, 1.54) is 0 Å². The Bertz CT molecular complexity index is 3160. The van der Waals surface area contributed by atoms with Crippen molar-refractivity contribution in [1.82, 2.24) is 9.13 Å². The largest absolute Gasteiger partial charge is 0.420 e. The molecule has 0 amide bonds. The quantitative estimate of drug-likeness (QED) is 0.139. The van der Waals surface area contributed by atoms with Crippen molar-refractivity contribution in [3.05, 3.63) is 166 Å². The molecule has 11 aromatic rings. The molecule has 0 bridgehead atoms. The van der Waals surface area contributed by atoms with Gasteiger partial charge in [0, 0.05) is 43.7 Å². The molecule has 0 aliphatic heterocycles. The van der Waals surface area contributed by atoms with E-state index in [0.717, 1.165) is 76.5 Å². The number of rotatable bonds is 2. The first-order valence-electron chi connectivity index (χ1n) is 16.5. The zero-order valence-corrected chi connectivity index (χ0v) is 26.4. The molecule has 0 aliphatic carbocycles. The van der Waals surface area contributed by atoms with Crippen LogP contribution in [0.5, 0.6) is 0 Å². The standard InChI is InChI=1S/C44H24N2O4/c47-43-35-16-3-1-12-27(35)33-22-20-31-29-14-5-7-18-37(29)45(39(31)41(33)49-43)25-10-9-11-26(24-25)46-38-19-8-6-15-30(38)32-21-23-34-28-13-2-4-17-36(28)44(48)50-42(34)40(32)46/h1-24H. The van der Waals surface area contributed by atoms with Crippen LogP contribution in [0.1, 0.15) is 0 Å². The summed E-state index contributed by atoms with van der Waals surface area (Å²) in [4.78, 5) is 26.7. The molecule has 0 N–H and O–H groups in total. The summed E-state index contributed by atoms with van der Waals surface area (Å²) in [5.41, 5.74) is 5.80. The molecule has 0 spiro atoms. The second-order valence-corrected chi connectivity index (χ2v) is 12.8. The average molecular weight is 645 g/mol. The van der Waals surface area contributed by atoms with Crippen molar-refractivity contribution in [3.8, 4) is 11.4 Å². The number of fused-ring (bicyclic) bond motifs is 14. The maximum Gasteiger partial charge on any atom is 0.344 e. The monoisotopic (exact) mass is 644 g/mol. The lowest BCUT2D eigenvalue weighted by Gasteiger charge is -2.14. The second kappa shape index (κ2) is 9.81. The summed E-state index contributed by atoms with van der Waals surface area (Å²) >= 11 is 0. The lowest BCUT2D eigenvalue weighted by Crippen LogP contribution is -2.03. The Hall–Kier alpha value is -6.92. The molecule has 0 saturated heterocycles. The van der Waals surface area contributed by atoms with Gasteiger partial charge in [0.1, 0.15) is 0 Å². The molecule has 11 rings (SSSR count). The van der Waals surface area contributed by atoms with Gasteiger partial charge in [0.25, 0.3) is 0 Å². The summed E-state index contributed by atoms with van der Waals surface area (Å²) in [5.74, 6) is 0. The van der Waals surface area contributed by atoms with Gasteiger partial charge in [-0.3, -0.25) is 0 Å². The average Bonchev–Trinajstić information content (AvgIpc) is 3.69. The van der Waals surface area contributed by atoms with Gasteiger partial charge in [-0.1, -0.05) is 91.0 Å². The molecule has 7 aromatic carbocycles. The van der Waals surface area contributed by atoms with Crippen molar-refractivity contribution < 1.29 is 8.83 Å². The van der Waals surface area contributed by atoms with Gasteiger partial charge in [-0.2, -0.15) is 0 Å². The predicted octanol–water partition coefficient (Wildman–Crippen LogP) is 10.4. The summed E-state index contributed by atoms with van der Waals surface area (Å²) in [6.07, 6.45) is 0. The number of benzene rings is 7. The Morgan fingerprint density at radius 3 is 1.18 bits per heavy atom. The SMILES string of the molecule is O=c1oc2c(ccc3c4ccccc4n(-c4cccc(-n5c6ccccc6c6ccc7c8ccccc8c(=O)oc7c65)c4)c32)c2ccccc12. The van der Waals surface area contributed by atoms with Crippen LogP contribution in [-0.2, 0) is 0 Å². The first kappa shape index (κ1) is 27.1. The molecule has 6 nitrogen and oxygen atoms in total. The maximum atomic E-state index is 13.4. The van der Waals surface area contributed by atoms with Crippen molar-refractivity contribution in [2.24, 2.45) is 0 Å². The van der Waals surface area contributed by atoms with Crippen LogP contribution >= 0.6 is 0 Å². The topological polar surface area (TPSA) is 70.3 Å². The van der Waals surface area contributed by atoms with E-state index in [4.69, 9.17) is 8.83 Å². The number of hydrogen-bond donors (Lipinski definition) is 0. The van der Waals surface area contributed by atoms with E-state index in [2.05, 4.69) is 75.9 Å². The van der Waals surface area contributed by atoms with E-state index in [1.807, 2.05) is 78.9 Å². The molecule has 4 aromatic heterocycles. The van der Waals surface area contributed by atoms with Crippen LogP contribution in [0.3, 0.4) is 0 Å². The minimum Gasteiger partial charge on any atom is -0.420 e. The zero-order valence-electron chi connectivity index (χ0n) is 26.4. The maximum absolute atomic E-state index is 13.4. The van der Waals surface area contributed by atoms with Crippen LogP contribution in [0.15, 0.2) is 164 Å². The van der Waals surface area contributed by atoms with Crippen molar-refractivity contribution in [2.45, 2.75) is 0 Å². The van der Waals surface area contributed by atoms with Crippen LogP contribution in [-0.4, -0.2) is 9.13 Å². The van der Waals surface area contributed by atoms with E-state index in [1.54, 1.807) is 0 Å². The molecule has 6 heteroatoms. The first-order chi connectivity index (χ1) is 24.7. The Morgan fingerprint density at radius 1 is 0.340 bits per heavy atom. The lowest BCUT2D eigenvalue weighted by atomic mass is 10.1. The van der Waals surface area contributed by atoms with Gasteiger partial charge in [0.2, 0.25) is 0 Å². The van der Waals surface area contributed by atoms with E-state index in [0.29, 0.717) is 21.9 Å². The van der Waals surface area contributed by atoms with Gasteiger partial charge in [-0.05, 0) is 65.4 Å². The summed E-state index contributed by atoms with van der Waals surface area (Å²) in [6.45, 7) is 0. The Balaban J connectivity index is 1.27. The Labute approximate surface area is 282 Å². The van der Waals surface area contributed by atoms with Crippen LogP contribution in [0, 0.1) is 0 Å². The molecule has 234 valence electrons. The highest BCUT2D eigenvalue weighted by Crippen LogP contribution is 2.41. The van der Waals surface area contributed by atoms with Crippen molar-refractivity contribution >= 4 is 87.1 Å². The highest BCUT2D eigenvalue weighted by atomic mass is 16.4. The number of nitrogens with zero attached hydrogens (tertiary/aromatic N) is 2. The molecule has 0 fully saturated rings. The van der Waals surface area contributed by atoms with Crippen molar-refractivity contribution in [3.63, 3.8) is 0 Å². The molecular formula is C44H24N2O4. The summed E-state index contributed by atoms with van der Waals surface area (Å²) in [7, 11) is 0. The Morgan fingerprint density at radius 2 is 0.720 bits per heavy atom. The fourth-order valence-corrected chi connectivity index (χ4v) is 8.08. The van der Waals surface area contributed by atoms with Gasteiger partial charge in [0.05, 0.1) is 32.8 Å². The molecule has 4 heterocycles. The smallest absolute Gasteiger partial charge is 0.344 e. The second-order valence-electron chi connectivity index (χ2n) is 12.8. The van der Waals surface area contributed by atoms with Crippen LogP contribution in [0.25, 0.3) is 98.5 Å². The third-order valence-corrected chi connectivity index (χ3v) is 10.2. The minimum atomic E-state index is -0.364. The van der Waals surface area contributed by atoms with Gasteiger partial charge in [-0.25, -0.2) is 9.59 Å². The first-order valence-corrected chi connectivity index (χ1v) is 16.5. The van der Waals surface area contributed by atoms with Crippen LogP contribution in [0.4, 0.5) is 0 Å². The van der Waals surface area contributed by atoms with E-state index < -0.39 is 0 Å². The van der Waals surface area contributed by atoms with Crippen LogP contribution < -0.4 is 11.3 Å². The zero-order chi connectivity index (χ0) is 33.1. The van der Waals surface area contributed by atoms with Gasteiger partial charge >= 0.3 is 11.3 Å². The van der Waals surface area contributed by atoms with Crippen molar-refractivity contribution in [2.75, 3.05) is 0 Å². The third kappa shape index (κ3) is 3.51. The number of para-hydroxylation sites is 2. The number of aromatic nitrogens is 2. The molecule has 0 saturated carbocycles. The van der Waals surface area contributed by atoms with Gasteiger partial charge in [-0.15, -0.1) is 0 Å². The van der Waals surface area contributed by atoms with Gasteiger partial charge in [0.15, 0.2) is 11.2 Å². The summed E-state index contributed by atoms with van der Waals surface area (Å²) in [6, 6.07) is 48.4. The number of hydrogen-bond acceptors (Lipinski definition) is 4. The molecule has 0 aliphatic rings. The molecule has 50 heavy (non-hydrogen) atoms. The fraction of sp³-hybridized carbons (Fsp3) is 0. The van der Waals surface area contributed by atoms with E-state index >= 15 is 0 Å². The van der Waals surface area contributed by atoms with E-state index in [9.17, 15) is 9.59 Å². The molecule has 0 unspecified atom stereocenters. The fourth-order valence-electron chi connectivity index (χ4n) is 8.08. The predicted molar refractivity (Wildman–Crippen MR) is 202 cm³/mol. The van der Waals surface area contributed by atoms with Crippen LogP contribution in [0.2, 0.25) is 0 Å². The normalized spacial score (nSPS) is 12.2. The van der Waals surface area contributed by atoms with Crippen molar-refractivity contribution in [1.29, 1.82) is 0 Å². The summed E-state index contributed by atoms with van der Waals surface area (Å²) < 4.78 is 16.7. The van der Waals surface area contributed by atoms with Gasteiger partial charge < -0.3 is 18.0 Å². The Kier molecular flexibility index (Phi) is 5.31. The third-order valence-electron chi connectivity index (χ3n) is 10.2. The summed E-state index contributed by atoms with van der Waals surface area (Å²) in [5, 5.41) is 8.69. The minimum absolute atomic E-state index is 0.364.